The number of halogens is 1. The third kappa shape index (κ3) is 3.40. The molecule has 0 spiro atoms. The lowest BCUT2D eigenvalue weighted by atomic mass is 10.0. The maximum atomic E-state index is 5.96. The van der Waals surface area contributed by atoms with E-state index in [-0.39, 0.29) is 0 Å². The van der Waals surface area contributed by atoms with Crippen molar-refractivity contribution in [2.24, 2.45) is 0 Å². The largest absolute Gasteiger partial charge is 0.380 e. The molecule has 1 unspecified atom stereocenters. The SMILES string of the molecule is Cc1nc(Cl)cc(NC2CCN(C3CCOC3)CC2)n1. The second kappa shape index (κ2) is 6.24. The van der Waals surface area contributed by atoms with Crippen LogP contribution in [0.2, 0.25) is 5.15 Å². The number of aromatic nitrogens is 2. The standard InChI is InChI=1S/C14H21ClN4O/c1-10-16-13(15)8-14(17-10)18-11-2-5-19(6-3-11)12-4-7-20-9-12/h8,11-12H,2-7,9H2,1H3,(H,16,17,18). The summed E-state index contributed by atoms with van der Waals surface area (Å²) in [5.41, 5.74) is 0. The second-order valence-electron chi connectivity index (χ2n) is 5.60. The summed E-state index contributed by atoms with van der Waals surface area (Å²) in [4.78, 5) is 11.0. The molecule has 0 saturated carbocycles. The molecule has 3 heterocycles. The molecule has 2 aliphatic rings. The lowest BCUT2D eigenvalue weighted by molar-refractivity contribution is 0.124. The number of ether oxygens (including phenoxy) is 1. The number of aryl methyl sites for hydroxylation is 1. The maximum Gasteiger partial charge on any atom is 0.134 e. The summed E-state index contributed by atoms with van der Waals surface area (Å²) in [7, 11) is 0. The Hall–Kier alpha value is -0.910. The van der Waals surface area contributed by atoms with Crippen LogP contribution in [0.5, 0.6) is 0 Å². The van der Waals surface area contributed by atoms with Crippen molar-refractivity contribution in [1.29, 1.82) is 0 Å². The van der Waals surface area contributed by atoms with Gasteiger partial charge in [0.1, 0.15) is 16.8 Å². The van der Waals surface area contributed by atoms with Crippen LogP contribution < -0.4 is 5.32 Å². The third-order valence-corrected chi connectivity index (χ3v) is 4.30. The average Bonchev–Trinajstić information content (AvgIpc) is 2.92. The van der Waals surface area contributed by atoms with E-state index in [4.69, 9.17) is 16.3 Å². The molecule has 1 atom stereocenters. The fraction of sp³-hybridized carbons (Fsp3) is 0.714. The molecular formula is C14H21ClN4O. The summed E-state index contributed by atoms with van der Waals surface area (Å²) >= 11 is 5.96. The van der Waals surface area contributed by atoms with Crippen LogP contribution in [0.15, 0.2) is 6.07 Å². The van der Waals surface area contributed by atoms with Crippen LogP contribution in [0.3, 0.4) is 0 Å². The molecule has 1 aromatic heterocycles. The lowest BCUT2D eigenvalue weighted by Crippen LogP contribution is -2.44. The molecule has 0 radical (unpaired) electrons. The van der Waals surface area contributed by atoms with E-state index in [1.54, 1.807) is 6.07 Å². The minimum atomic E-state index is 0.471. The average molecular weight is 297 g/mol. The van der Waals surface area contributed by atoms with E-state index >= 15 is 0 Å². The number of rotatable bonds is 3. The first-order valence-electron chi connectivity index (χ1n) is 7.30. The fourth-order valence-corrected chi connectivity index (χ4v) is 3.26. The number of hydrogen-bond acceptors (Lipinski definition) is 5. The third-order valence-electron chi connectivity index (χ3n) is 4.11. The first-order valence-corrected chi connectivity index (χ1v) is 7.68. The molecule has 2 fully saturated rings. The zero-order valence-corrected chi connectivity index (χ0v) is 12.6. The molecule has 0 amide bonds. The summed E-state index contributed by atoms with van der Waals surface area (Å²) in [6, 6.07) is 2.90. The number of piperidine rings is 1. The van der Waals surface area contributed by atoms with Gasteiger partial charge >= 0.3 is 0 Å². The Morgan fingerprint density at radius 1 is 1.30 bits per heavy atom. The predicted octanol–water partition coefficient (Wildman–Crippen LogP) is 2.10. The van der Waals surface area contributed by atoms with Gasteiger partial charge in [0, 0.05) is 37.8 Å². The first-order chi connectivity index (χ1) is 9.70. The van der Waals surface area contributed by atoms with E-state index in [9.17, 15) is 0 Å². The van der Waals surface area contributed by atoms with Gasteiger partial charge in [0.15, 0.2) is 0 Å². The highest BCUT2D eigenvalue weighted by Gasteiger charge is 2.27. The van der Waals surface area contributed by atoms with E-state index < -0.39 is 0 Å². The smallest absolute Gasteiger partial charge is 0.134 e. The Kier molecular flexibility index (Phi) is 4.38. The number of anilines is 1. The molecule has 5 nitrogen and oxygen atoms in total. The van der Waals surface area contributed by atoms with Gasteiger partial charge in [0.25, 0.3) is 0 Å². The molecule has 2 saturated heterocycles. The zero-order valence-electron chi connectivity index (χ0n) is 11.8. The molecule has 2 aliphatic heterocycles. The van der Waals surface area contributed by atoms with E-state index in [0.29, 0.717) is 23.1 Å². The Bertz CT molecular complexity index is 436. The molecule has 6 heteroatoms. The van der Waals surface area contributed by atoms with Crippen molar-refractivity contribution in [3.63, 3.8) is 0 Å². The van der Waals surface area contributed by atoms with Gasteiger partial charge in [-0.05, 0) is 26.2 Å². The van der Waals surface area contributed by atoms with Gasteiger partial charge in [-0.3, -0.25) is 4.90 Å². The van der Waals surface area contributed by atoms with E-state index in [1.165, 1.54) is 6.42 Å². The summed E-state index contributed by atoms with van der Waals surface area (Å²) < 4.78 is 5.47. The Morgan fingerprint density at radius 2 is 2.10 bits per heavy atom. The summed E-state index contributed by atoms with van der Waals surface area (Å²) in [5.74, 6) is 1.55. The quantitative estimate of drug-likeness (QED) is 0.866. The van der Waals surface area contributed by atoms with Crippen molar-refractivity contribution < 1.29 is 4.74 Å². The molecule has 0 bridgehead atoms. The van der Waals surface area contributed by atoms with Gasteiger partial charge in [-0.1, -0.05) is 11.6 Å². The van der Waals surface area contributed by atoms with Crippen molar-refractivity contribution in [1.82, 2.24) is 14.9 Å². The first kappa shape index (κ1) is 14.0. The van der Waals surface area contributed by atoms with Gasteiger partial charge < -0.3 is 10.1 Å². The van der Waals surface area contributed by atoms with Crippen molar-refractivity contribution in [2.45, 2.75) is 38.3 Å². The van der Waals surface area contributed by atoms with Crippen LogP contribution in [0, 0.1) is 6.92 Å². The molecule has 20 heavy (non-hydrogen) atoms. The molecule has 110 valence electrons. The van der Waals surface area contributed by atoms with Crippen molar-refractivity contribution >= 4 is 17.4 Å². The molecule has 0 aromatic carbocycles. The summed E-state index contributed by atoms with van der Waals surface area (Å²) in [6.45, 7) is 5.94. The number of nitrogens with zero attached hydrogens (tertiary/aromatic N) is 3. The van der Waals surface area contributed by atoms with Crippen molar-refractivity contribution in [2.75, 3.05) is 31.6 Å². The summed E-state index contributed by atoms with van der Waals surface area (Å²) in [5, 5.41) is 3.98. The van der Waals surface area contributed by atoms with Crippen LogP contribution in [0.4, 0.5) is 5.82 Å². The second-order valence-corrected chi connectivity index (χ2v) is 5.98. The van der Waals surface area contributed by atoms with Gasteiger partial charge in [-0.15, -0.1) is 0 Å². The normalized spacial score (nSPS) is 25.0. The van der Waals surface area contributed by atoms with E-state index in [2.05, 4.69) is 20.2 Å². The van der Waals surface area contributed by atoms with Crippen molar-refractivity contribution in [3.8, 4) is 0 Å². The van der Waals surface area contributed by atoms with Gasteiger partial charge in [0.2, 0.25) is 0 Å². The molecule has 1 N–H and O–H groups in total. The predicted molar refractivity (Wildman–Crippen MR) is 79.2 cm³/mol. The monoisotopic (exact) mass is 296 g/mol. The van der Waals surface area contributed by atoms with Gasteiger partial charge in [0.05, 0.1) is 6.61 Å². The molecule has 3 rings (SSSR count). The van der Waals surface area contributed by atoms with Crippen LogP contribution in [-0.4, -0.2) is 53.3 Å². The molecular weight excluding hydrogens is 276 g/mol. The number of hydrogen-bond donors (Lipinski definition) is 1. The minimum Gasteiger partial charge on any atom is -0.380 e. The number of nitrogens with one attached hydrogen (secondary N) is 1. The molecule has 1 aromatic rings. The lowest BCUT2D eigenvalue weighted by Gasteiger charge is -2.35. The van der Waals surface area contributed by atoms with Crippen LogP contribution >= 0.6 is 11.6 Å². The Labute approximate surface area is 124 Å². The molecule has 0 aliphatic carbocycles. The van der Waals surface area contributed by atoms with Crippen LogP contribution in [-0.2, 0) is 4.74 Å². The highest BCUT2D eigenvalue weighted by molar-refractivity contribution is 6.29. The zero-order chi connectivity index (χ0) is 13.9. The van der Waals surface area contributed by atoms with E-state index in [0.717, 1.165) is 45.0 Å². The fourth-order valence-electron chi connectivity index (χ4n) is 3.03. The maximum absolute atomic E-state index is 5.96. The highest BCUT2D eigenvalue weighted by atomic mass is 35.5. The Morgan fingerprint density at radius 3 is 2.75 bits per heavy atom. The number of likely N-dealkylation sites (tertiary alicyclic amines) is 1. The topological polar surface area (TPSA) is 50.3 Å². The van der Waals surface area contributed by atoms with Crippen LogP contribution in [0.25, 0.3) is 0 Å². The van der Waals surface area contributed by atoms with E-state index in [1.807, 2.05) is 6.92 Å². The Balaban J connectivity index is 1.53. The minimum absolute atomic E-state index is 0.471. The van der Waals surface area contributed by atoms with Gasteiger partial charge in [-0.2, -0.15) is 0 Å². The highest BCUT2D eigenvalue weighted by Crippen LogP contribution is 2.21. The van der Waals surface area contributed by atoms with Crippen molar-refractivity contribution in [3.05, 3.63) is 17.0 Å². The van der Waals surface area contributed by atoms with Gasteiger partial charge in [-0.25, -0.2) is 9.97 Å². The van der Waals surface area contributed by atoms with Crippen LogP contribution in [0.1, 0.15) is 25.1 Å². The summed E-state index contributed by atoms with van der Waals surface area (Å²) in [6.07, 6.45) is 3.45.